The maximum atomic E-state index is 12.3. The molecular formula is C21H32N2O2. The van der Waals surface area contributed by atoms with Crippen LogP contribution >= 0.6 is 0 Å². The number of aliphatic imine (C=N–C) groups is 1. The molecule has 1 aliphatic heterocycles. The average molecular weight is 344 g/mol. The number of carbonyl (C=O) groups excluding carboxylic acids is 1. The summed E-state index contributed by atoms with van der Waals surface area (Å²) in [6, 6.07) is 9.87. The lowest BCUT2D eigenvalue weighted by atomic mass is 9.85. The minimum Gasteiger partial charge on any atom is -0.448 e. The van der Waals surface area contributed by atoms with Gasteiger partial charge in [-0.2, -0.15) is 4.99 Å². The molecule has 0 bridgehead atoms. The first-order chi connectivity index (χ1) is 11.9. The first kappa shape index (κ1) is 19.6. The maximum Gasteiger partial charge on any atom is 0.433 e. The molecule has 0 aromatic heterocycles. The highest BCUT2D eigenvalue weighted by Crippen LogP contribution is 2.23. The molecule has 1 fully saturated rings. The number of carbonyl (C=O) groups is 1. The van der Waals surface area contributed by atoms with Gasteiger partial charge >= 0.3 is 6.09 Å². The van der Waals surface area contributed by atoms with Crippen LogP contribution in [0.5, 0.6) is 0 Å². The van der Waals surface area contributed by atoms with E-state index < -0.39 is 6.09 Å². The van der Waals surface area contributed by atoms with Gasteiger partial charge in [0.2, 0.25) is 0 Å². The summed E-state index contributed by atoms with van der Waals surface area (Å²) in [5, 5.41) is 0. The molecule has 2 rings (SSSR count). The number of ether oxygens (including phenoxy) is 1. The van der Waals surface area contributed by atoms with Crippen molar-refractivity contribution in [2.75, 3.05) is 26.2 Å². The van der Waals surface area contributed by atoms with Gasteiger partial charge in [-0.15, -0.1) is 0 Å². The van der Waals surface area contributed by atoms with Gasteiger partial charge in [0.25, 0.3) is 0 Å². The Morgan fingerprint density at radius 2 is 1.84 bits per heavy atom. The van der Waals surface area contributed by atoms with Gasteiger partial charge in [0, 0.05) is 5.41 Å². The Balaban J connectivity index is 1.92. The monoisotopic (exact) mass is 344 g/mol. The number of nitrogens with zero attached hydrogens (tertiary/aromatic N) is 2. The molecule has 0 radical (unpaired) electrons. The van der Waals surface area contributed by atoms with Crippen molar-refractivity contribution in [2.45, 2.75) is 47.0 Å². The van der Waals surface area contributed by atoms with Crippen molar-refractivity contribution < 1.29 is 9.53 Å². The Morgan fingerprint density at radius 3 is 2.40 bits per heavy atom. The molecule has 1 heterocycles. The zero-order valence-electron chi connectivity index (χ0n) is 16.1. The largest absolute Gasteiger partial charge is 0.448 e. The summed E-state index contributed by atoms with van der Waals surface area (Å²) >= 11 is 0. The highest BCUT2D eigenvalue weighted by molar-refractivity contribution is 6.08. The third-order valence-corrected chi connectivity index (χ3v) is 4.65. The second-order valence-electron chi connectivity index (χ2n) is 7.94. The van der Waals surface area contributed by atoms with Crippen LogP contribution in [0, 0.1) is 11.3 Å². The van der Waals surface area contributed by atoms with Crippen LogP contribution in [0.3, 0.4) is 0 Å². The Morgan fingerprint density at radius 1 is 1.20 bits per heavy atom. The van der Waals surface area contributed by atoms with Gasteiger partial charge < -0.3 is 9.64 Å². The molecule has 1 aliphatic rings. The zero-order valence-corrected chi connectivity index (χ0v) is 16.1. The van der Waals surface area contributed by atoms with E-state index in [9.17, 15) is 4.79 Å². The van der Waals surface area contributed by atoms with Crippen LogP contribution in [0.4, 0.5) is 4.79 Å². The summed E-state index contributed by atoms with van der Waals surface area (Å²) in [5.74, 6) is 0.460. The minimum atomic E-state index is -0.468. The molecule has 4 nitrogen and oxygen atoms in total. The van der Waals surface area contributed by atoms with Crippen molar-refractivity contribution in [3.63, 3.8) is 0 Å². The molecule has 1 amide bonds. The van der Waals surface area contributed by atoms with E-state index in [-0.39, 0.29) is 5.41 Å². The number of likely N-dealkylation sites (tertiary alicyclic amines) is 1. The van der Waals surface area contributed by atoms with Gasteiger partial charge in [0.1, 0.15) is 0 Å². The minimum absolute atomic E-state index is 0.216. The number of hydrogen-bond donors (Lipinski definition) is 0. The molecule has 0 saturated carbocycles. The molecule has 0 aliphatic carbocycles. The van der Waals surface area contributed by atoms with E-state index in [1.807, 2.05) is 30.3 Å². The lowest BCUT2D eigenvalue weighted by molar-refractivity contribution is 0.102. The van der Waals surface area contributed by atoms with E-state index in [0.29, 0.717) is 12.5 Å². The molecule has 4 heteroatoms. The fourth-order valence-electron chi connectivity index (χ4n) is 3.27. The molecule has 0 N–H and O–H groups in total. The predicted molar refractivity (Wildman–Crippen MR) is 103 cm³/mol. The molecule has 0 atom stereocenters. The maximum absolute atomic E-state index is 12.3. The van der Waals surface area contributed by atoms with Gasteiger partial charge in [-0.3, -0.25) is 0 Å². The van der Waals surface area contributed by atoms with Crippen molar-refractivity contribution in [1.82, 2.24) is 4.90 Å². The molecule has 0 unspecified atom stereocenters. The van der Waals surface area contributed by atoms with Crippen LogP contribution < -0.4 is 0 Å². The number of piperidine rings is 1. The third-order valence-electron chi connectivity index (χ3n) is 4.65. The van der Waals surface area contributed by atoms with E-state index in [1.54, 1.807) is 0 Å². The standard InChI is InChI=1S/C21H32N2O2/c1-5-13-23-14-11-17(12-15-23)16-25-20(24)22-19(21(2,3)4)18-9-7-6-8-10-18/h6-10,17H,5,11-16H2,1-4H3/b22-19+. The van der Waals surface area contributed by atoms with E-state index >= 15 is 0 Å². The second-order valence-corrected chi connectivity index (χ2v) is 7.94. The highest BCUT2D eigenvalue weighted by atomic mass is 16.5. The van der Waals surface area contributed by atoms with Crippen LogP contribution in [0.2, 0.25) is 0 Å². The smallest absolute Gasteiger partial charge is 0.433 e. The fourth-order valence-corrected chi connectivity index (χ4v) is 3.27. The van der Waals surface area contributed by atoms with Crippen LogP contribution in [0.1, 0.15) is 52.5 Å². The topological polar surface area (TPSA) is 41.9 Å². The van der Waals surface area contributed by atoms with Crippen LogP contribution in [-0.4, -0.2) is 42.9 Å². The highest BCUT2D eigenvalue weighted by Gasteiger charge is 2.23. The van der Waals surface area contributed by atoms with E-state index in [2.05, 4.69) is 37.6 Å². The quantitative estimate of drug-likeness (QED) is 0.722. The summed E-state index contributed by atoms with van der Waals surface area (Å²) in [4.78, 5) is 19.0. The average Bonchev–Trinajstić information content (AvgIpc) is 2.59. The second kappa shape index (κ2) is 9.14. The third kappa shape index (κ3) is 6.28. The Labute approximate surface area is 152 Å². The van der Waals surface area contributed by atoms with Gasteiger partial charge in [-0.1, -0.05) is 58.0 Å². The van der Waals surface area contributed by atoms with Crippen molar-refractivity contribution in [3.8, 4) is 0 Å². The van der Waals surface area contributed by atoms with Crippen molar-refractivity contribution in [3.05, 3.63) is 35.9 Å². The Kier molecular flexibility index (Phi) is 7.18. The van der Waals surface area contributed by atoms with Crippen LogP contribution in [0.15, 0.2) is 35.3 Å². The predicted octanol–water partition coefficient (Wildman–Crippen LogP) is 4.78. The molecule has 1 saturated heterocycles. The zero-order chi connectivity index (χ0) is 18.3. The van der Waals surface area contributed by atoms with Crippen LogP contribution in [0.25, 0.3) is 0 Å². The van der Waals surface area contributed by atoms with E-state index in [4.69, 9.17) is 4.74 Å². The van der Waals surface area contributed by atoms with Gasteiger partial charge in [0.15, 0.2) is 0 Å². The summed E-state index contributed by atoms with van der Waals surface area (Å²) < 4.78 is 5.48. The first-order valence-corrected chi connectivity index (χ1v) is 9.44. The Bertz CT molecular complexity index is 567. The molecule has 1 aromatic rings. The van der Waals surface area contributed by atoms with Crippen LogP contribution in [-0.2, 0) is 4.74 Å². The lowest BCUT2D eigenvalue weighted by Crippen LogP contribution is -2.35. The SMILES string of the molecule is CCCN1CCC(COC(=O)/N=C(\c2ccccc2)C(C)(C)C)CC1. The van der Waals surface area contributed by atoms with Crippen molar-refractivity contribution >= 4 is 11.8 Å². The summed E-state index contributed by atoms with van der Waals surface area (Å²) in [5.41, 5.74) is 1.53. The first-order valence-electron chi connectivity index (χ1n) is 9.44. The van der Waals surface area contributed by atoms with Gasteiger partial charge in [0.05, 0.1) is 12.3 Å². The van der Waals surface area contributed by atoms with Crippen molar-refractivity contribution in [1.29, 1.82) is 0 Å². The van der Waals surface area contributed by atoms with Crippen molar-refractivity contribution in [2.24, 2.45) is 16.3 Å². The molecule has 1 aromatic carbocycles. The van der Waals surface area contributed by atoms with E-state index in [1.165, 1.54) is 13.0 Å². The lowest BCUT2D eigenvalue weighted by Gasteiger charge is -2.31. The number of amides is 1. The fraction of sp³-hybridized carbons (Fsp3) is 0.619. The van der Waals surface area contributed by atoms with Gasteiger partial charge in [-0.05, 0) is 50.4 Å². The summed E-state index contributed by atoms with van der Waals surface area (Å²) in [6.07, 6.45) is 2.93. The number of hydrogen-bond acceptors (Lipinski definition) is 3. The summed E-state index contributed by atoms with van der Waals surface area (Å²) in [6.45, 7) is 12.3. The van der Waals surface area contributed by atoms with E-state index in [0.717, 1.165) is 37.2 Å². The number of rotatable bonds is 5. The Hall–Kier alpha value is -1.68. The summed E-state index contributed by atoms with van der Waals surface area (Å²) in [7, 11) is 0. The number of benzene rings is 1. The van der Waals surface area contributed by atoms with Gasteiger partial charge in [-0.25, -0.2) is 4.79 Å². The normalized spacial score (nSPS) is 17.5. The molecule has 25 heavy (non-hydrogen) atoms. The molecule has 138 valence electrons. The molecule has 0 spiro atoms. The molecular weight excluding hydrogens is 312 g/mol.